The average molecular weight is 256 g/mol. The Morgan fingerprint density at radius 3 is 2.39 bits per heavy atom. The molecular weight excluding hydrogens is 232 g/mol. The van der Waals surface area contributed by atoms with Crippen molar-refractivity contribution in [2.75, 3.05) is 32.7 Å². The van der Waals surface area contributed by atoms with Crippen LogP contribution in [0.5, 0.6) is 0 Å². The van der Waals surface area contributed by atoms with E-state index in [1.165, 1.54) is 0 Å². The fraction of sp³-hybridized carbons (Fsp3) is 0.846. The lowest BCUT2D eigenvalue weighted by molar-refractivity contribution is -0.140. The smallest absolute Gasteiger partial charge is 0.317 e. The summed E-state index contributed by atoms with van der Waals surface area (Å²) in [7, 11) is 0. The normalized spacial score (nSPS) is 18.5. The maximum atomic E-state index is 12.3. The van der Waals surface area contributed by atoms with E-state index in [0.717, 1.165) is 25.9 Å². The van der Waals surface area contributed by atoms with Gasteiger partial charge in [0.1, 0.15) is 0 Å². The largest absolute Gasteiger partial charge is 0.480 e. The molecule has 1 aliphatic rings. The second-order valence-electron chi connectivity index (χ2n) is 5.55. The maximum absolute atomic E-state index is 12.3. The van der Waals surface area contributed by atoms with Gasteiger partial charge >= 0.3 is 5.97 Å². The zero-order chi connectivity index (χ0) is 13.8. The van der Waals surface area contributed by atoms with Crippen molar-refractivity contribution in [1.29, 1.82) is 0 Å². The van der Waals surface area contributed by atoms with Gasteiger partial charge in [0.15, 0.2) is 0 Å². The summed E-state index contributed by atoms with van der Waals surface area (Å²) in [5.74, 6) is -0.620. The van der Waals surface area contributed by atoms with Crippen LogP contribution >= 0.6 is 0 Å². The molecule has 5 heteroatoms. The number of carbonyl (C=O) groups is 2. The summed E-state index contributed by atoms with van der Waals surface area (Å²) in [5.41, 5.74) is -0.317. The van der Waals surface area contributed by atoms with Crippen LogP contribution in [0.2, 0.25) is 0 Å². The molecule has 1 heterocycles. The summed E-state index contributed by atoms with van der Waals surface area (Å²) in [6, 6.07) is 0. The van der Waals surface area contributed by atoms with Gasteiger partial charge in [0.05, 0.1) is 6.54 Å². The van der Waals surface area contributed by atoms with Crippen molar-refractivity contribution in [1.82, 2.24) is 9.80 Å². The minimum Gasteiger partial charge on any atom is -0.480 e. The Morgan fingerprint density at radius 1 is 1.17 bits per heavy atom. The number of rotatable bonds is 4. The summed E-state index contributed by atoms with van der Waals surface area (Å²) in [4.78, 5) is 26.8. The van der Waals surface area contributed by atoms with Crippen LogP contribution in [-0.2, 0) is 9.59 Å². The summed E-state index contributed by atoms with van der Waals surface area (Å²) >= 11 is 0. The van der Waals surface area contributed by atoms with Gasteiger partial charge in [0.2, 0.25) is 5.91 Å². The van der Waals surface area contributed by atoms with Gasteiger partial charge in [0, 0.05) is 31.6 Å². The number of hydrogen-bond acceptors (Lipinski definition) is 3. The Hall–Kier alpha value is -1.10. The lowest BCUT2D eigenvalue weighted by Crippen LogP contribution is -2.43. The van der Waals surface area contributed by atoms with E-state index in [9.17, 15) is 9.59 Å². The van der Waals surface area contributed by atoms with Gasteiger partial charge in [-0.25, -0.2) is 0 Å². The molecule has 18 heavy (non-hydrogen) atoms. The standard InChI is InChI=1S/C13H24N2O3/c1-4-13(2,3)12(18)15-7-5-6-14(8-9-15)10-11(16)17/h4-10H2,1-3H3,(H,16,17). The van der Waals surface area contributed by atoms with Crippen molar-refractivity contribution in [3.63, 3.8) is 0 Å². The van der Waals surface area contributed by atoms with Gasteiger partial charge in [-0.2, -0.15) is 0 Å². The zero-order valence-electron chi connectivity index (χ0n) is 11.6. The number of carbonyl (C=O) groups excluding carboxylic acids is 1. The summed E-state index contributed by atoms with van der Waals surface area (Å²) in [6.45, 7) is 8.80. The first-order valence-corrected chi connectivity index (χ1v) is 6.60. The third kappa shape index (κ3) is 3.98. The van der Waals surface area contributed by atoms with Gasteiger partial charge in [-0.15, -0.1) is 0 Å². The highest BCUT2D eigenvalue weighted by Crippen LogP contribution is 2.23. The lowest BCUT2D eigenvalue weighted by Gasteiger charge is -2.30. The minimum absolute atomic E-state index is 0.0687. The van der Waals surface area contributed by atoms with Gasteiger partial charge in [-0.1, -0.05) is 20.8 Å². The molecule has 0 aliphatic carbocycles. The highest BCUT2D eigenvalue weighted by molar-refractivity contribution is 5.82. The molecular formula is C13H24N2O3. The molecule has 1 N–H and O–H groups in total. The molecule has 1 fully saturated rings. The average Bonchev–Trinajstić information content (AvgIpc) is 2.53. The summed E-state index contributed by atoms with van der Waals surface area (Å²) < 4.78 is 0. The Bertz CT molecular complexity index is 315. The first-order valence-electron chi connectivity index (χ1n) is 6.60. The molecule has 1 rings (SSSR count). The van der Waals surface area contributed by atoms with Gasteiger partial charge < -0.3 is 10.0 Å². The molecule has 0 aromatic heterocycles. The molecule has 0 spiro atoms. The van der Waals surface area contributed by atoms with E-state index in [2.05, 4.69) is 0 Å². The van der Waals surface area contributed by atoms with Crippen molar-refractivity contribution < 1.29 is 14.7 Å². The molecule has 0 bridgehead atoms. The Balaban J connectivity index is 2.56. The fourth-order valence-corrected chi connectivity index (χ4v) is 2.10. The third-order valence-corrected chi connectivity index (χ3v) is 3.70. The summed E-state index contributed by atoms with van der Waals surface area (Å²) in [6.07, 6.45) is 1.67. The van der Waals surface area contributed by atoms with E-state index >= 15 is 0 Å². The predicted octanol–water partition coefficient (Wildman–Crippen LogP) is 1.04. The van der Waals surface area contributed by atoms with E-state index in [1.54, 1.807) is 0 Å². The van der Waals surface area contributed by atoms with Gasteiger partial charge in [-0.05, 0) is 12.8 Å². The Kier molecular flexibility index (Phi) is 5.14. The van der Waals surface area contributed by atoms with Crippen LogP contribution in [0.3, 0.4) is 0 Å². The van der Waals surface area contributed by atoms with Crippen molar-refractivity contribution in [3.05, 3.63) is 0 Å². The van der Waals surface area contributed by atoms with Crippen LogP contribution in [0.15, 0.2) is 0 Å². The molecule has 1 amide bonds. The third-order valence-electron chi connectivity index (χ3n) is 3.70. The minimum atomic E-state index is -0.802. The maximum Gasteiger partial charge on any atom is 0.317 e. The molecule has 0 atom stereocenters. The molecule has 0 unspecified atom stereocenters. The first-order chi connectivity index (χ1) is 8.36. The van der Waals surface area contributed by atoms with E-state index in [4.69, 9.17) is 5.11 Å². The summed E-state index contributed by atoms with van der Waals surface area (Å²) in [5, 5.41) is 8.78. The monoisotopic (exact) mass is 256 g/mol. The van der Waals surface area contributed by atoms with E-state index in [1.807, 2.05) is 30.6 Å². The Labute approximate surface area is 109 Å². The Morgan fingerprint density at radius 2 is 1.83 bits per heavy atom. The number of nitrogens with zero attached hydrogens (tertiary/aromatic N) is 2. The van der Waals surface area contributed by atoms with Gasteiger partial charge in [0.25, 0.3) is 0 Å². The van der Waals surface area contributed by atoms with Crippen LogP contribution in [0.1, 0.15) is 33.6 Å². The number of carboxylic acids is 1. The van der Waals surface area contributed by atoms with E-state index in [0.29, 0.717) is 13.1 Å². The molecule has 104 valence electrons. The molecule has 1 saturated heterocycles. The zero-order valence-corrected chi connectivity index (χ0v) is 11.6. The van der Waals surface area contributed by atoms with Crippen molar-refractivity contribution >= 4 is 11.9 Å². The van der Waals surface area contributed by atoms with Gasteiger partial charge in [-0.3, -0.25) is 14.5 Å². The number of aliphatic carboxylic acids is 1. The van der Waals surface area contributed by atoms with Crippen molar-refractivity contribution in [3.8, 4) is 0 Å². The molecule has 1 aliphatic heterocycles. The second-order valence-corrected chi connectivity index (χ2v) is 5.55. The van der Waals surface area contributed by atoms with Crippen LogP contribution in [0, 0.1) is 5.41 Å². The van der Waals surface area contributed by atoms with Crippen LogP contribution in [0.25, 0.3) is 0 Å². The number of amides is 1. The highest BCUT2D eigenvalue weighted by atomic mass is 16.4. The molecule has 0 radical (unpaired) electrons. The second kappa shape index (κ2) is 6.18. The lowest BCUT2D eigenvalue weighted by atomic mass is 9.88. The van der Waals surface area contributed by atoms with E-state index < -0.39 is 5.97 Å². The molecule has 0 aromatic rings. The molecule has 5 nitrogen and oxygen atoms in total. The molecule has 0 aromatic carbocycles. The quantitative estimate of drug-likeness (QED) is 0.816. The van der Waals surface area contributed by atoms with Crippen LogP contribution in [0.4, 0.5) is 0 Å². The van der Waals surface area contributed by atoms with Crippen LogP contribution in [-0.4, -0.2) is 59.5 Å². The topological polar surface area (TPSA) is 60.9 Å². The molecule has 0 saturated carbocycles. The van der Waals surface area contributed by atoms with Crippen molar-refractivity contribution in [2.24, 2.45) is 5.41 Å². The predicted molar refractivity (Wildman–Crippen MR) is 69.3 cm³/mol. The fourth-order valence-electron chi connectivity index (χ4n) is 2.10. The number of hydrogen-bond donors (Lipinski definition) is 1. The van der Waals surface area contributed by atoms with Crippen LogP contribution < -0.4 is 0 Å². The van der Waals surface area contributed by atoms with E-state index in [-0.39, 0.29) is 17.9 Å². The van der Waals surface area contributed by atoms with Crippen molar-refractivity contribution in [2.45, 2.75) is 33.6 Å². The first kappa shape index (κ1) is 15.0. The number of carboxylic acid groups (broad SMARTS) is 1. The highest BCUT2D eigenvalue weighted by Gasteiger charge is 2.31. The SMILES string of the molecule is CCC(C)(C)C(=O)N1CCCN(CC(=O)O)CC1.